The molecule has 1 heterocycles. The Labute approximate surface area is 162 Å². The lowest BCUT2D eigenvalue weighted by Crippen LogP contribution is -2.23. The van der Waals surface area contributed by atoms with Crippen molar-refractivity contribution in [3.8, 4) is 16.9 Å². The molecule has 144 valence electrons. The molecule has 0 aliphatic carbocycles. The molecule has 28 heavy (non-hydrogen) atoms. The number of fused-ring (bicyclic) bond motifs is 1. The van der Waals surface area contributed by atoms with Crippen LogP contribution in [-0.4, -0.2) is 6.54 Å². The summed E-state index contributed by atoms with van der Waals surface area (Å²) in [7, 11) is 0. The summed E-state index contributed by atoms with van der Waals surface area (Å²) < 4.78 is 46.5. The van der Waals surface area contributed by atoms with Gasteiger partial charge in [0.1, 0.15) is 12.4 Å². The maximum Gasteiger partial charge on any atom is 0.417 e. The molecule has 0 amide bonds. The van der Waals surface area contributed by atoms with Crippen molar-refractivity contribution in [3.63, 3.8) is 0 Å². The summed E-state index contributed by atoms with van der Waals surface area (Å²) >= 11 is 0. The average Bonchev–Trinajstić information content (AvgIpc) is 2.72. The lowest BCUT2D eigenvalue weighted by atomic mass is 9.98. The molecule has 0 radical (unpaired) electrons. The van der Waals surface area contributed by atoms with Crippen LogP contribution >= 0.6 is 0 Å². The molecular formula is C23H20F3NO. The highest BCUT2D eigenvalue weighted by molar-refractivity contribution is 5.69. The third-order valence-corrected chi connectivity index (χ3v) is 4.94. The minimum absolute atomic E-state index is 0.154. The molecule has 0 aromatic heterocycles. The zero-order chi connectivity index (χ0) is 19.6. The van der Waals surface area contributed by atoms with E-state index < -0.39 is 11.7 Å². The molecule has 0 atom stereocenters. The summed E-state index contributed by atoms with van der Waals surface area (Å²) in [4.78, 5) is 0. The smallest absolute Gasteiger partial charge is 0.417 e. The molecule has 2 nitrogen and oxygen atoms in total. The maximum atomic E-state index is 13.6. The molecule has 0 bridgehead atoms. The number of alkyl halides is 3. The predicted octanol–water partition coefficient (Wildman–Crippen LogP) is 5.60. The number of hydrogen-bond acceptors (Lipinski definition) is 2. The van der Waals surface area contributed by atoms with E-state index in [1.165, 1.54) is 17.2 Å². The van der Waals surface area contributed by atoms with E-state index in [-0.39, 0.29) is 17.9 Å². The normalized spacial score (nSPS) is 13.8. The van der Waals surface area contributed by atoms with E-state index in [0.29, 0.717) is 5.56 Å². The summed E-state index contributed by atoms with van der Waals surface area (Å²) in [5.74, 6) is 0.214. The zero-order valence-corrected chi connectivity index (χ0v) is 15.2. The number of benzene rings is 3. The third-order valence-electron chi connectivity index (χ3n) is 4.94. The second kappa shape index (κ2) is 7.68. The van der Waals surface area contributed by atoms with Crippen LogP contribution in [0.5, 0.6) is 5.75 Å². The summed E-state index contributed by atoms with van der Waals surface area (Å²) in [5, 5.41) is 3.32. The van der Waals surface area contributed by atoms with E-state index in [9.17, 15) is 13.2 Å². The Balaban J connectivity index is 1.57. The first kappa shape index (κ1) is 18.6. The van der Waals surface area contributed by atoms with Crippen LogP contribution in [0, 0.1) is 0 Å². The van der Waals surface area contributed by atoms with Crippen LogP contribution in [0.15, 0.2) is 66.7 Å². The number of nitrogens with one attached hydrogen (secondary N) is 1. The molecule has 0 saturated carbocycles. The van der Waals surface area contributed by atoms with Crippen molar-refractivity contribution in [2.24, 2.45) is 0 Å². The Hall–Kier alpha value is -2.79. The molecule has 1 N–H and O–H groups in total. The van der Waals surface area contributed by atoms with Crippen LogP contribution in [0.1, 0.15) is 22.3 Å². The Bertz CT molecular complexity index is 967. The van der Waals surface area contributed by atoms with Crippen molar-refractivity contribution in [1.82, 2.24) is 5.32 Å². The largest absolute Gasteiger partial charge is 0.489 e. The first-order valence-electron chi connectivity index (χ1n) is 9.21. The SMILES string of the molecule is FC(F)(F)c1cc(OCc2ccc3c(c2)CCNC3)ccc1-c1ccccc1. The molecule has 4 rings (SSSR count). The number of rotatable bonds is 4. The maximum absolute atomic E-state index is 13.6. The average molecular weight is 383 g/mol. The fourth-order valence-electron chi connectivity index (χ4n) is 3.50. The van der Waals surface area contributed by atoms with Crippen LogP contribution < -0.4 is 10.1 Å². The van der Waals surface area contributed by atoms with E-state index >= 15 is 0 Å². The molecule has 1 aliphatic heterocycles. The highest BCUT2D eigenvalue weighted by atomic mass is 19.4. The van der Waals surface area contributed by atoms with Crippen LogP contribution in [0.25, 0.3) is 11.1 Å². The van der Waals surface area contributed by atoms with Gasteiger partial charge >= 0.3 is 6.18 Å². The van der Waals surface area contributed by atoms with E-state index in [0.717, 1.165) is 31.1 Å². The number of ether oxygens (including phenoxy) is 1. The van der Waals surface area contributed by atoms with Gasteiger partial charge in [-0.3, -0.25) is 0 Å². The van der Waals surface area contributed by atoms with Gasteiger partial charge in [0, 0.05) is 6.54 Å². The number of hydrogen-bond donors (Lipinski definition) is 1. The Morgan fingerprint density at radius 3 is 2.50 bits per heavy atom. The lowest BCUT2D eigenvalue weighted by Gasteiger charge is -2.18. The first-order valence-corrected chi connectivity index (χ1v) is 9.21. The minimum atomic E-state index is -4.45. The quantitative estimate of drug-likeness (QED) is 0.633. The summed E-state index contributed by atoms with van der Waals surface area (Å²) in [5.41, 5.74) is 3.50. The van der Waals surface area contributed by atoms with Gasteiger partial charge in [-0.2, -0.15) is 13.2 Å². The molecular weight excluding hydrogens is 363 g/mol. The third kappa shape index (κ3) is 4.04. The van der Waals surface area contributed by atoms with Crippen molar-refractivity contribution in [1.29, 1.82) is 0 Å². The summed E-state index contributed by atoms with van der Waals surface area (Å²) in [6, 6.07) is 18.9. The van der Waals surface area contributed by atoms with Gasteiger partial charge in [0.05, 0.1) is 5.56 Å². The minimum Gasteiger partial charge on any atom is -0.489 e. The Kier molecular flexibility index (Phi) is 5.09. The van der Waals surface area contributed by atoms with E-state index in [1.54, 1.807) is 36.4 Å². The lowest BCUT2D eigenvalue weighted by molar-refractivity contribution is -0.137. The van der Waals surface area contributed by atoms with Gasteiger partial charge in [-0.05, 0) is 52.9 Å². The van der Waals surface area contributed by atoms with Gasteiger partial charge in [0.15, 0.2) is 0 Å². The van der Waals surface area contributed by atoms with Crippen LogP contribution in [0.3, 0.4) is 0 Å². The monoisotopic (exact) mass is 383 g/mol. The second-order valence-electron chi connectivity index (χ2n) is 6.89. The Morgan fingerprint density at radius 1 is 0.893 bits per heavy atom. The Morgan fingerprint density at radius 2 is 1.71 bits per heavy atom. The van der Waals surface area contributed by atoms with Crippen molar-refractivity contribution < 1.29 is 17.9 Å². The van der Waals surface area contributed by atoms with E-state index in [1.807, 2.05) is 6.07 Å². The highest BCUT2D eigenvalue weighted by Gasteiger charge is 2.34. The van der Waals surface area contributed by atoms with Crippen molar-refractivity contribution in [2.45, 2.75) is 25.7 Å². The van der Waals surface area contributed by atoms with Crippen LogP contribution in [0.4, 0.5) is 13.2 Å². The fraction of sp³-hybridized carbons (Fsp3) is 0.217. The molecule has 0 unspecified atom stereocenters. The van der Waals surface area contributed by atoms with E-state index in [4.69, 9.17) is 4.74 Å². The molecule has 1 aliphatic rings. The molecule has 0 spiro atoms. The molecule has 0 fully saturated rings. The van der Waals surface area contributed by atoms with Gasteiger partial charge in [0.25, 0.3) is 0 Å². The second-order valence-corrected chi connectivity index (χ2v) is 6.89. The molecule has 3 aromatic carbocycles. The predicted molar refractivity (Wildman–Crippen MR) is 103 cm³/mol. The number of halogens is 3. The summed E-state index contributed by atoms with van der Waals surface area (Å²) in [6.45, 7) is 2.03. The van der Waals surface area contributed by atoms with Gasteiger partial charge < -0.3 is 10.1 Å². The van der Waals surface area contributed by atoms with Gasteiger partial charge in [-0.1, -0.05) is 54.6 Å². The first-order chi connectivity index (χ1) is 13.5. The molecule has 5 heteroatoms. The molecule has 0 saturated heterocycles. The van der Waals surface area contributed by atoms with Gasteiger partial charge in [-0.15, -0.1) is 0 Å². The van der Waals surface area contributed by atoms with Gasteiger partial charge in [0.2, 0.25) is 0 Å². The topological polar surface area (TPSA) is 21.3 Å². The van der Waals surface area contributed by atoms with Crippen LogP contribution in [0.2, 0.25) is 0 Å². The van der Waals surface area contributed by atoms with Crippen molar-refractivity contribution in [2.75, 3.05) is 6.54 Å². The zero-order valence-electron chi connectivity index (χ0n) is 15.2. The van der Waals surface area contributed by atoms with Crippen molar-refractivity contribution in [3.05, 3.63) is 89.0 Å². The van der Waals surface area contributed by atoms with E-state index in [2.05, 4.69) is 17.4 Å². The van der Waals surface area contributed by atoms with Crippen molar-refractivity contribution >= 4 is 0 Å². The van der Waals surface area contributed by atoms with Crippen LogP contribution in [-0.2, 0) is 25.7 Å². The van der Waals surface area contributed by atoms with Gasteiger partial charge in [-0.25, -0.2) is 0 Å². The highest BCUT2D eigenvalue weighted by Crippen LogP contribution is 2.39. The fourth-order valence-corrected chi connectivity index (χ4v) is 3.50. The molecule has 3 aromatic rings. The standard InChI is InChI=1S/C23H20F3NO/c24-23(25,26)22-13-20(8-9-21(22)17-4-2-1-3-5-17)28-15-16-6-7-19-14-27-11-10-18(19)12-16/h1-9,12-13,27H,10-11,14-15H2. The summed E-state index contributed by atoms with van der Waals surface area (Å²) in [6.07, 6.45) is -3.50.